The van der Waals surface area contributed by atoms with Gasteiger partial charge in [0, 0.05) is 12.7 Å². The highest BCUT2D eigenvalue weighted by molar-refractivity contribution is 5.19. The molecule has 0 radical (unpaired) electrons. The molecule has 1 aromatic heterocycles. The van der Waals surface area contributed by atoms with Gasteiger partial charge >= 0.3 is 6.18 Å². The molecule has 0 aromatic carbocycles. The van der Waals surface area contributed by atoms with Crippen LogP contribution in [0.1, 0.15) is 17.2 Å². The Kier molecular flexibility index (Phi) is 3.10. The fourth-order valence-electron chi connectivity index (χ4n) is 1.17. The number of nitrogens with zero attached hydrogens (tertiary/aromatic N) is 1. The van der Waals surface area contributed by atoms with Gasteiger partial charge in [0.2, 0.25) is 0 Å². The van der Waals surface area contributed by atoms with Crippen LogP contribution in [-0.4, -0.2) is 17.7 Å². The van der Waals surface area contributed by atoms with Crippen molar-refractivity contribution >= 4 is 0 Å². The van der Waals surface area contributed by atoms with E-state index in [0.717, 1.165) is 5.56 Å². The number of pyridine rings is 1. The summed E-state index contributed by atoms with van der Waals surface area (Å²) in [6.07, 6.45) is -2.96. The molecule has 1 unspecified atom stereocenters. The van der Waals surface area contributed by atoms with Crippen LogP contribution in [0.5, 0.6) is 0 Å². The lowest BCUT2D eigenvalue weighted by molar-refractivity contribution is -0.148. The van der Waals surface area contributed by atoms with Crippen LogP contribution in [0.2, 0.25) is 0 Å². The molecule has 1 atom stereocenters. The summed E-state index contributed by atoms with van der Waals surface area (Å²) in [5.41, 5.74) is 5.81. The van der Waals surface area contributed by atoms with Gasteiger partial charge in [-0.25, -0.2) is 0 Å². The smallest absolute Gasteiger partial charge is 0.329 e. The van der Waals surface area contributed by atoms with Crippen molar-refractivity contribution in [1.82, 2.24) is 4.98 Å². The number of aromatic nitrogens is 1. The SMILES string of the molecule is Cc1ccnc(C(CN)C(F)(F)F)c1. The highest BCUT2D eigenvalue weighted by Gasteiger charge is 2.40. The molecule has 1 aromatic rings. The minimum atomic E-state index is -4.32. The molecule has 0 saturated carbocycles. The van der Waals surface area contributed by atoms with E-state index in [0.29, 0.717) is 0 Å². The Balaban J connectivity index is 3.01. The Morgan fingerprint density at radius 1 is 1.50 bits per heavy atom. The van der Waals surface area contributed by atoms with Crippen LogP contribution in [0, 0.1) is 6.92 Å². The van der Waals surface area contributed by atoms with Crippen molar-refractivity contribution in [2.75, 3.05) is 6.54 Å². The summed E-state index contributed by atoms with van der Waals surface area (Å²) in [6.45, 7) is 1.25. The first kappa shape index (κ1) is 11.0. The summed E-state index contributed by atoms with van der Waals surface area (Å²) in [5.74, 6) is -1.66. The van der Waals surface area contributed by atoms with Crippen LogP contribution in [-0.2, 0) is 0 Å². The minimum absolute atomic E-state index is 0.0139. The maximum atomic E-state index is 12.4. The highest BCUT2D eigenvalue weighted by atomic mass is 19.4. The lowest BCUT2D eigenvalue weighted by atomic mass is 10.0. The zero-order chi connectivity index (χ0) is 10.8. The van der Waals surface area contributed by atoms with Gasteiger partial charge in [-0.15, -0.1) is 0 Å². The second-order valence-corrected chi connectivity index (χ2v) is 3.09. The molecule has 0 saturated heterocycles. The molecule has 0 fully saturated rings. The standard InChI is InChI=1S/C9H11F3N2/c1-6-2-3-14-8(4-6)7(5-13)9(10,11)12/h2-4,7H,5,13H2,1H3. The lowest BCUT2D eigenvalue weighted by Crippen LogP contribution is -2.28. The third-order valence-corrected chi connectivity index (χ3v) is 1.92. The van der Waals surface area contributed by atoms with Gasteiger partial charge in [-0.1, -0.05) is 0 Å². The van der Waals surface area contributed by atoms with Crippen molar-refractivity contribution in [2.24, 2.45) is 5.73 Å². The molecule has 1 heterocycles. The minimum Gasteiger partial charge on any atom is -0.329 e. The van der Waals surface area contributed by atoms with Gasteiger partial charge in [-0.05, 0) is 24.6 Å². The maximum absolute atomic E-state index is 12.4. The summed E-state index contributed by atoms with van der Waals surface area (Å²) in [4.78, 5) is 3.68. The van der Waals surface area contributed by atoms with E-state index in [2.05, 4.69) is 4.98 Å². The topological polar surface area (TPSA) is 38.9 Å². The van der Waals surface area contributed by atoms with Crippen molar-refractivity contribution in [1.29, 1.82) is 0 Å². The predicted molar refractivity (Wildman–Crippen MR) is 46.8 cm³/mol. The lowest BCUT2D eigenvalue weighted by Gasteiger charge is -2.17. The maximum Gasteiger partial charge on any atom is 0.398 e. The van der Waals surface area contributed by atoms with Gasteiger partial charge in [0.15, 0.2) is 0 Å². The predicted octanol–water partition coefficient (Wildman–Crippen LogP) is 1.99. The second-order valence-electron chi connectivity index (χ2n) is 3.09. The number of nitrogens with two attached hydrogens (primary N) is 1. The summed E-state index contributed by atoms with van der Waals surface area (Å²) >= 11 is 0. The number of hydrogen-bond donors (Lipinski definition) is 1. The molecule has 0 aliphatic heterocycles. The number of hydrogen-bond acceptors (Lipinski definition) is 2. The van der Waals surface area contributed by atoms with Crippen molar-refractivity contribution in [3.8, 4) is 0 Å². The van der Waals surface area contributed by atoms with Crippen LogP contribution in [0.3, 0.4) is 0 Å². The van der Waals surface area contributed by atoms with Gasteiger partial charge < -0.3 is 5.73 Å². The number of alkyl halides is 3. The molecule has 14 heavy (non-hydrogen) atoms. The summed E-state index contributed by atoms with van der Waals surface area (Å²) in [6, 6.07) is 3.05. The number of halogens is 3. The van der Waals surface area contributed by atoms with Gasteiger partial charge in [0.25, 0.3) is 0 Å². The van der Waals surface area contributed by atoms with Crippen LogP contribution < -0.4 is 5.73 Å². The van der Waals surface area contributed by atoms with Crippen LogP contribution in [0.4, 0.5) is 13.2 Å². The molecule has 0 aliphatic carbocycles. The molecule has 2 N–H and O–H groups in total. The third kappa shape index (κ3) is 2.45. The normalized spacial score (nSPS) is 14.1. The molecule has 5 heteroatoms. The summed E-state index contributed by atoms with van der Waals surface area (Å²) in [7, 11) is 0. The molecule has 0 amide bonds. The largest absolute Gasteiger partial charge is 0.398 e. The Morgan fingerprint density at radius 3 is 2.57 bits per heavy atom. The molecule has 1 rings (SSSR count). The zero-order valence-electron chi connectivity index (χ0n) is 7.67. The monoisotopic (exact) mass is 204 g/mol. The van der Waals surface area contributed by atoms with E-state index >= 15 is 0 Å². The van der Waals surface area contributed by atoms with Crippen LogP contribution in [0.25, 0.3) is 0 Å². The number of aryl methyl sites for hydroxylation is 1. The zero-order valence-corrected chi connectivity index (χ0v) is 7.67. The fourth-order valence-corrected chi connectivity index (χ4v) is 1.17. The van der Waals surface area contributed by atoms with Crippen LogP contribution in [0.15, 0.2) is 18.3 Å². The average molecular weight is 204 g/mol. The van der Waals surface area contributed by atoms with E-state index in [4.69, 9.17) is 5.73 Å². The Labute approximate surface area is 79.9 Å². The average Bonchev–Trinajstić information content (AvgIpc) is 2.02. The summed E-state index contributed by atoms with van der Waals surface area (Å²) in [5, 5.41) is 0. The van der Waals surface area contributed by atoms with E-state index in [1.54, 1.807) is 13.0 Å². The number of rotatable bonds is 2. The third-order valence-electron chi connectivity index (χ3n) is 1.92. The first-order valence-electron chi connectivity index (χ1n) is 4.14. The van der Waals surface area contributed by atoms with E-state index in [-0.39, 0.29) is 5.69 Å². The first-order chi connectivity index (χ1) is 6.45. The van der Waals surface area contributed by atoms with E-state index in [1.807, 2.05) is 0 Å². The van der Waals surface area contributed by atoms with E-state index in [9.17, 15) is 13.2 Å². The van der Waals surface area contributed by atoms with Gasteiger partial charge in [-0.2, -0.15) is 13.2 Å². The Bertz CT molecular complexity index is 309. The molecule has 78 valence electrons. The van der Waals surface area contributed by atoms with Crippen molar-refractivity contribution in [3.05, 3.63) is 29.6 Å². The summed E-state index contributed by atoms with van der Waals surface area (Å²) < 4.78 is 37.3. The molecular formula is C9H11F3N2. The van der Waals surface area contributed by atoms with Crippen molar-refractivity contribution < 1.29 is 13.2 Å². The quantitative estimate of drug-likeness (QED) is 0.800. The van der Waals surface area contributed by atoms with E-state index in [1.165, 1.54) is 12.3 Å². The molecule has 0 spiro atoms. The van der Waals surface area contributed by atoms with Crippen molar-refractivity contribution in [2.45, 2.75) is 19.0 Å². The first-order valence-corrected chi connectivity index (χ1v) is 4.14. The fraction of sp³-hybridized carbons (Fsp3) is 0.444. The molecule has 0 bridgehead atoms. The van der Waals surface area contributed by atoms with Gasteiger partial charge in [0.05, 0.1) is 5.69 Å². The van der Waals surface area contributed by atoms with Gasteiger partial charge in [-0.3, -0.25) is 4.98 Å². The van der Waals surface area contributed by atoms with Gasteiger partial charge in [0.1, 0.15) is 5.92 Å². The van der Waals surface area contributed by atoms with Crippen LogP contribution >= 0.6 is 0 Å². The molecule has 2 nitrogen and oxygen atoms in total. The Hall–Kier alpha value is -1.10. The Morgan fingerprint density at radius 2 is 2.14 bits per heavy atom. The molecule has 0 aliphatic rings. The highest BCUT2D eigenvalue weighted by Crippen LogP contribution is 2.32. The van der Waals surface area contributed by atoms with Crippen molar-refractivity contribution in [3.63, 3.8) is 0 Å². The second kappa shape index (κ2) is 3.96. The van der Waals surface area contributed by atoms with E-state index < -0.39 is 18.6 Å². The molecular weight excluding hydrogens is 193 g/mol.